The number of nitrogens with zero attached hydrogens (tertiary/aromatic N) is 3. The highest BCUT2D eigenvalue weighted by Gasteiger charge is 2.27. The molecule has 1 atom stereocenters. The molecule has 2 aromatic rings. The van der Waals surface area contributed by atoms with Crippen LogP contribution in [-0.2, 0) is 4.74 Å². The molecule has 22 heavy (non-hydrogen) atoms. The standard InChI is InChI=1S/C15H16N4O3/c1-10-8-13(20)18-14(17-10)12-9-19(6-7-22-12)15(21)11-2-4-16-5-3-11/h2-5,8,12H,6-7,9H2,1H3,(H,17,18,20). The molecule has 1 aliphatic rings. The van der Waals surface area contributed by atoms with Crippen LogP contribution in [0.2, 0.25) is 0 Å². The van der Waals surface area contributed by atoms with Gasteiger partial charge < -0.3 is 14.6 Å². The second kappa shape index (κ2) is 6.07. The predicted octanol–water partition coefficient (Wildman–Crippen LogP) is 0.687. The molecule has 7 nitrogen and oxygen atoms in total. The van der Waals surface area contributed by atoms with Crippen molar-refractivity contribution in [2.45, 2.75) is 13.0 Å². The van der Waals surface area contributed by atoms with Gasteiger partial charge in [-0.3, -0.25) is 14.6 Å². The molecule has 0 aromatic carbocycles. The van der Waals surface area contributed by atoms with E-state index in [1.165, 1.54) is 6.07 Å². The van der Waals surface area contributed by atoms with Crippen LogP contribution in [0.25, 0.3) is 0 Å². The molecule has 1 saturated heterocycles. The normalized spacial score (nSPS) is 18.2. The minimum Gasteiger partial charge on any atom is -0.367 e. The van der Waals surface area contributed by atoms with Crippen molar-refractivity contribution >= 4 is 5.91 Å². The van der Waals surface area contributed by atoms with Gasteiger partial charge in [0.15, 0.2) is 0 Å². The monoisotopic (exact) mass is 300 g/mol. The number of aromatic nitrogens is 3. The van der Waals surface area contributed by atoms with Crippen LogP contribution < -0.4 is 5.56 Å². The Kier molecular flexibility index (Phi) is 3.97. The van der Waals surface area contributed by atoms with Gasteiger partial charge in [-0.25, -0.2) is 4.98 Å². The molecule has 0 radical (unpaired) electrons. The van der Waals surface area contributed by atoms with Crippen molar-refractivity contribution in [1.82, 2.24) is 19.9 Å². The van der Waals surface area contributed by atoms with Crippen molar-refractivity contribution in [3.05, 3.63) is 58.0 Å². The van der Waals surface area contributed by atoms with Crippen molar-refractivity contribution in [3.8, 4) is 0 Å². The van der Waals surface area contributed by atoms with Gasteiger partial charge >= 0.3 is 0 Å². The summed E-state index contributed by atoms with van der Waals surface area (Å²) in [5.41, 5.74) is 0.991. The van der Waals surface area contributed by atoms with Crippen LogP contribution in [0.1, 0.15) is 28.0 Å². The summed E-state index contributed by atoms with van der Waals surface area (Å²) in [6.07, 6.45) is 2.75. The van der Waals surface area contributed by atoms with Crippen molar-refractivity contribution in [2.24, 2.45) is 0 Å². The van der Waals surface area contributed by atoms with E-state index >= 15 is 0 Å². The maximum Gasteiger partial charge on any atom is 0.254 e. The molecule has 7 heteroatoms. The molecule has 3 rings (SSSR count). The van der Waals surface area contributed by atoms with E-state index in [9.17, 15) is 9.59 Å². The minimum absolute atomic E-state index is 0.0781. The number of pyridine rings is 1. The molecule has 1 aliphatic heterocycles. The molecule has 1 fully saturated rings. The summed E-state index contributed by atoms with van der Waals surface area (Å²) in [4.78, 5) is 36.6. The number of ether oxygens (including phenoxy) is 1. The predicted molar refractivity (Wildman–Crippen MR) is 78.4 cm³/mol. The Labute approximate surface area is 127 Å². The third-order valence-electron chi connectivity index (χ3n) is 3.47. The Bertz CT molecular complexity index is 729. The van der Waals surface area contributed by atoms with Gasteiger partial charge in [-0.2, -0.15) is 0 Å². The average molecular weight is 300 g/mol. The summed E-state index contributed by atoms with van der Waals surface area (Å²) in [6, 6.07) is 4.78. The number of nitrogens with one attached hydrogen (secondary N) is 1. The molecule has 1 N–H and O–H groups in total. The largest absolute Gasteiger partial charge is 0.367 e. The van der Waals surface area contributed by atoms with Gasteiger partial charge in [-0.05, 0) is 19.1 Å². The number of carbonyl (C=O) groups excluding carboxylic acids is 1. The van der Waals surface area contributed by atoms with Crippen LogP contribution in [0, 0.1) is 6.92 Å². The van der Waals surface area contributed by atoms with Crippen LogP contribution in [0.4, 0.5) is 0 Å². The lowest BCUT2D eigenvalue weighted by molar-refractivity contribution is -0.0269. The number of amides is 1. The van der Waals surface area contributed by atoms with Crippen LogP contribution in [0.3, 0.4) is 0 Å². The van der Waals surface area contributed by atoms with E-state index in [0.717, 1.165) is 0 Å². The zero-order valence-electron chi connectivity index (χ0n) is 12.2. The molecule has 0 saturated carbocycles. The maximum atomic E-state index is 12.5. The summed E-state index contributed by atoms with van der Waals surface area (Å²) in [5.74, 6) is 0.378. The van der Waals surface area contributed by atoms with Crippen LogP contribution in [0.5, 0.6) is 0 Å². The van der Waals surface area contributed by atoms with Gasteiger partial charge in [-0.15, -0.1) is 0 Å². The molecular formula is C15H16N4O3. The second-order valence-electron chi connectivity index (χ2n) is 5.12. The summed E-state index contributed by atoms with van der Waals surface area (Å²) >= 11 is 0. The average Bonchev–Trinajstić information content (AvgIpc) is 2.54. The van der Waals surface area contributed by atoms with E-state index in [-0.39, 0.29) is 11.5 Å². The number of H-pyrrole nitrogens is 1. The van der Waals surface area contributed by atoms with Gasteiger partial charge in [0.25, 0.3) is 11.5 Å². The molecular weight excluding hydrogens is 284 g/mol. The Morgan fingerprint density at radius 1 is 1.41 bits per heavy atom. The van der Waals surface area contributed by atoms with Gasteiger partial charge in [0.2, 0.25) is 0 Å². The summed E-state index contributed by atoms with van der Waals surface area (Å²) in [6.45, 7) is 3.02. The highest BCUT2D eigenvalue weighted by molar-refractivity contribution is 5.94. The first-order chi connectivity index (χ1) is 10.6. The lowest BCUT2D eigenvalue weighted by atomic mass is 10.2. The molecule has 2 aromatic heterocycles. The van der Waals surface area contributed by atoms with Crippen LogP contribution >= 0.6 is 0 Å². The fourth-order valence-electron chi connectivity index (χ4n) is 2.43. The molecule has 3 heterocycles. The number of morpholine rings is 1. The number of rotatable bonds is 2. The fraction of sp³-hybridized carbons (Fsp3) is 0.333. The van der Waals surface area contributed by atoms with E-state index in [4.69, 9.17) is 4.74 Å². The topological polar surface area (TPSA) is 88.2 Å². The Balaban J connectivity index is 1.79. The fourth-order valence-corrected chi connectivity index (χ4v) is 2.43. The van der Waals surface area contributed by atoms with Gasteiger partial charge in [0.05, 0.1) is 13.2 Å². The highest BCUT2D eigenvalue weighted by atomic mass is 16.5. The first-order valence-electron chi connectivity index (χ1n) is 7.02. The van der Waals surface area contributed by atoms with E-state index in [2.05, 4.69) is 15.0 Å². The Morgan fingerprint density at radius 2 is 2.18 bits per heavy atom. The molecule has 0 aliphatic carbocycles. The van der Waals surface area contributed by atoms with E-state index < -0.39 is 6.10 Å². The number of hydrogen-bond acceptors (Lipinski definition) is 5. The Morgan fingerprint density at radius 3 is 2.91 bits per heavy atom. The molecule has 1 unspecified atom stereocenters. The molecule has 1 amide bonds. The number of carbonyl (C=O) groups is 1. The summed E-state index contributed by atoms with van der Waals surface area (Å²) in [5, 5.41) is 0. The van der Waals surface area contributed by atoms with E-state index in [0.29, 0.717) is 36.8 Å². The zero-order valence-corrected chi connectivity index (χ0v) is 12.2. The lowest BCUT2D eigenvalue weighted by Gasteiger charge is -2.32. The van der Waals surface area contributed by atoms with Gasteiger partial charge in [0, 0.05) is 36.3 Å². The van der Waals surface area contributed by atoms with Crippen molar-refractivity contribution in [1.29, 1.82) is 0 Å². The summed E-state index contributed by atoms with van der Waals surface area (Å²) < 4.78 is 5.65. The third-order valence-corrected chi connectivity index (χ3v) is 3.47. The minimum atomic E-state index is -0.424. The van der Waals surface area contributed by atoms with Crippen LogP contribution in [-0.4, -0.2) is 45.5 Å². The first kappa shape index (κ1) is 14.4. The zero-order chi connectivity index (χ0) is 15.5. The number of aromatic amines is 1. The highest BCUT2D eigenvalue weighted by Crippen LogP contribution is 2.20. The number of hydrogen-bond donors (Lipinski definition) is 1. The SMILES string of the molecule is Cc1cc(=O)[nH]c(C2CN(C(=O)c3ccncc3)CCO2)n1. The van der Waals surface area contributed by atoms with Gasteiger partial charge in [0.1, 0.15) is 11.9 Å². The summed E-state index contributed by atoms with van der Waals surface area (Å²) in [7, 11) is 0. The van der Waals surface area contributed by atoms with Gasteiger partial charge in [-0.1, -0.05) is 0 Å². The number of aryl methyl sites for hydroxylation is 1. The maximum absolute atomic E-state index is 12.5. The lowest BCUT2D eigenvalue weighted by Crippen LogP contribution is -2.43. The van der Waals surface area contributed by atoms with Crippen molar-refractivity contribution in [3.63, 3.8) is 0 Å². The quantitative estimate of drug-likeness (QED) is 0.881. The van der Waals surface area contributed by atoms with Crippen LogP contribution in [0.15, 0.2) is 35.4 Å². The van der Waals surface area contributed by atoms with E-state index in [1.54, 1.807) is 36.4 Å². The first-order valence-corrected chi connectivity index (χ1v) is 7.02. The Hall–Kier alpha value is -2.54. The second-order valence-corrected chi connectivity index (χ2v) is 5.12. The van der Waals surface area contributed by atoms with Crippen molar-refractivity contribution in [2.75, 3.05) is 19.7 Å². The smallest absolute Gasteiger partial charge is 0.254 e. The van der Waals surface area contributed by atoms with E-state index in [1.807, 2.05) is 0 Å². The van der Waals surface area contributed by atoms with Crippen molar-refractivity contribution < 1.29 is 9.53 Å². The molecule has 114 valence electrons. The third kappa shape index (κ3) is 3.04. The molecule has 0 spiro atoms. The molecule has 0 bridgehead atoms.